The van der Waals surface area contributed by atoms with Crippen LogP contribution in [0.5, 0.6) is 0 Å². The number of ether oxygens (including phenoxy) is 1. The van der Waals surface area contributed by atoms with Gasteiger partial charge in [0, 0.05) is 6.42 Å². The van der Waals surface area contributed by atoms with Crippen molar-refractivity contribution in [2.24, 2.45) is 0 Å². The SMILES string of the molecule is O=C1OCCC1n1cnc(Br)n1. The zero-order chi connectivity index (χ0) is 8.55. The first kappa shape index (κ1) is 7.72. The third kappa shape index (κ3) is 1.22. The van der Waals surface area contributed by atoms with Gasteiger partial charge in [0.1, 0.15) is 6.33 Å². The Labute approximate surface area is 76.9 Å². The summed E-state index contributed by atoms with van der Waals surface area (Å²) in [6.45, 7) is 0.473. The maximum Gasteiger partial charge on any atom is 0.331 e. The minimum Gasteiger partial charge on any atom is -0.464 e. The fourth-order valence-electron chi connectivity index (χ4n) is 1.13. The summed E-state index contributed by atoms with van der Waals surface area (Å²) < 4.78 is 6.79. The van der Waals surface area contributed by atoms with Crippen LogP contribution >= 0.6 is 15.9 Å². The van der Waals surface area contributed by atoms with E-state index in [-0.39, 0.29) is 12.0 Å². The number of hydrogen-bond donors (Lipinski definition) is 0. The lowest BCUT2D eigenvalue weighted by atomic mass is 10.3. The lowest BCUT2D eigenvalue weighted by Gasteiger charge is -2.02. The Morgan fingerprint density at radius 1 is 1.75 bits per heavy atom. The average Bonchev–Trinajstić information content (AvgIpc) is 2.58. The molecule has 1 aliphatic heterocycles. The topological polar surface area (TPSA) is 57.0 Å². The van der Waals surface area contributed by atoms with Crippen molar-refractivity contribution < 1.29 is 9.53 Å². The number of nitrogens with zero attached hydrogens (tertiary/aromatic N) is 3. The Hall–Kier alpha value is -0.910. The van der Waals surface area contributed by atoms with Gasteiger partial charge in [-0.05, 0) is 15.9 Å². The molecule has 12 heavy (non-hydrogen) atoms. The molecule has 1 atom stereocenters. The molecule has 1 saturated heterocycles. The molecule has 5 nitrogen and oxygen atoms in total. The fraction of sp³-hybridized carbons (Fsp3) is 0.500. The molecule has 0 amide bonds. The first-order chi connectivity index (χ1) is 5.77. The Morgan fingerprint density at radius 2 is 2.58 bits per heavy atom. The second-order valence-corrected chi connectivity index (χ2v) is 3.17. The number of aromatic nitrogens is 3. The van der Waals surface area contributed by atoms with Gasteiger partial charge >= 0.3 is 5.97 Å². The number of halogens is 1. The molecule has 1 fully saturated rings. The summed E-state index contributed by atoms with van der Waals surface area (Å²) in [5.41, 5.74) is 0. The van der Waals surface area contributed by atoms with E-state index in [0.717, 1.165) is 0 Å². The highest BCUT2D eigenvalue weighted by molar-refractivity contribution is 9.10. The van der Waals surface area contributed by atoms with Crippen LogP contribution in [0.2, 0.25) is 0 Å². The van der Waals surface area contributed by atoms with Crippen molar-refractivity contribution in [1.29, 1.82) is 0 Å². The summed E-state index contributed by atoms with van der Waals surface area (Å²) in [6.07, 6.45) is 2.19. The Balaban J connectivity index is 2.24. The van der Waals surface area contributed by atoms with Gasteiger partial charge in [0.2, 0.25) is 4.73 Å². The third-order valence-corrected chi connectivity index (χ3v) is 2.07. The number of cyclic esters (lactones) is 1. The van der Waals surface area contributed by atoms with Gasteiger partial charge in [-0.15, -0.1) is 5.10 Å². The molecule has 0 aromatic carbocycles. The zero-order valence-electron chi connectivity index (χ0n) is 6.11. The van der Waals surface area contributed by atoms with E-state index >= 15 is 0 Å². The lowest BCUT2D eigenvalue weighted by Crippen LogP contribution is -2.14. The van der Waals surface area contributed by atoms with E-state index < -0.39 is 0 Å². The molecule has 1 aromatic heterocycles. The number of hydrogen-bond acceptors (Lipinski definition) is 4. The van der Waals surface area contributed by atoms with Gasteiger partial charge < -0.3 is 4.74 Å². The van der Waals surface area contributed by atoms with E-state index in [0.29, 0.717) is 17.8 Å². The summed E-state index contributed by atoms with van der Waals surface area (Å²) in [6, 6.07) is -0.288. The molecule has 0 N–H and O–H groups in total. The van der Waals surface area contributed by atoms with Crippen molar-refractivity contribution >= 4 is 21.9 Å². The molecule has 64 valence electrons. The van der Waals surface area contributed by atoms with Gasteiger partial charge in [0.05, 0.1) is 6.61 Å². The van der Waals surface area contributed by atoms with E-state index in [1.165, 1.54) is 11.0 Å². The summed E-state index contributed by atoms with van der Waals surface area (Å²) in [4.78, 5) is 14.9. The Kier molecular flexibility index (Phi) is 1.84. The van der Waals surface area contributed by atoms with Crippen LogP contribution in [0.1, 0.15) is 12.5 Å². The molecular formula is C6H6BrN3O2. The molecule has 0 saturated carbocycles. The maximum atomic E-state index is 11.1. The van der Waals surface area contributed by atoms with Gasteiger partial charge in [-0.3, -0.25) is 0 Å². The van der Waals surface area contributed by atoms with E-state index in [2.05, 4.69) is 26.0 Å². The summed E-state index contributed by atoms with van der Waals surface area (Å²) in [5.74, 6) is -0.229. The highest BCUT2D eigenvalue weighted by Gasteiger charge is 2.28. The number of carbonyl (C=O) groups is 1. The standard InChI is InChI=1S/C6H6BrN3O2/c7-6-8-3-10(9-6)4-1-2-12-5(4)11/h3-4H,1-2H2. The van der Waals surface area contributed by atoms with Crippen molar-refractivity contribution in [2.75, 3.05) is 6.61 Å². The molecule has 1 aromatic rings. The minimum atomic E-state index is -0.288. The van der Waals surface area contributed by atoms with Crippen LogP contribution in [0.3, 0.4) is 0 Å². The molecule has 0 radical (unpaired) electrons. The molecule has 0 aliphatic carbocycles. The predicted molar refractivity (Wildman–Crippen MR) is 42.3 cm³/mol. The van der Waals surface area contributed by atoms with E-state index in [1.807, 2.05) is 0 Å². The fourth-order valence-corrected chi connectivity index (χ4v) is 1.40. The molecule has 2 heterocycles. The van der Waals surface area contributed by atoms with Crippen LogP contribution < -0.4 is 0 Å². The number of carbonyl (C=O) groups excluding carboxylic acids is 1. The lowest BCUT2D eigenvalue weighted by molar-refractivity contribution is -0.140. The molecule has 1 aliphatic rings. The second-order valence-electron chi connectivity index (χ2n) is 2.47. The first-order valence-corrected chi connectivity index (χ1v) is 4.30. The number of esters is 1. The Morgan fingerprint density at radius 3 is 3.08 bits per heavy atom. The predicted octanol–water partition coefficient (Wildman–Crippen LogP) is 0.529. The summed E-state index contributed by atoms with van der Waals surface area (Å²) >= 11 is 3.10. The summed E-state index contributed by atoms with van der Waals surface area (Å²) in [5, 5.41) is 3.96. The van der Waals surface area contributed by atoms with E-state index in [4.69, 9.17) is 4.74 Å². The first-order valence-electron chi connectivity index (χ1n) is 3.50. The second kappa shape index (κ2) is 2.85. The van der Waals surface area contributed by atoms with Crippen LogP contribution in [-0.4, -0.2) is 27.3 Å². The van der Waals surface area contributed by atoms with Gasteiger partial charge in [-0.2, -0.15) is 0 Å². The monoisotopic (exact) mass is 231 g/mol. The van der Waals surface area contributed by atoms with E-state index in [1.54, 1.807) is 0 Å². The molecular weight excluding hydrogens is 226 g/mol. The van der Waals surface area contributed by atoms with Crippen LogP contribution in [0.4, 0.5) is 0 Å². The third-order valence-electron chi connectivity index (χ3n) is 1.71. The highest BCUT2D eigenvalue weighted by atomic mass is 79.9. The van der Waals surface area contributed by atoms with Crippen LogP contribution in [0, 0.1) is 0 Å². The van der Waals surface area contributed by atoms with Crippen LogP contribution in [-0.2, 0) is 9.53 Å². The van der Waals surface area contributed by atoms with Crippen molar-refractivity contribution in [3.63, 3.8) is 0 Å². The molecule has 0 spiro atoms. The zero-order valence-corrected chi connectivity index (χ0v) is 7.69. The van der Waals surface area contributed by atoms with Crippen molar-refractivity contribution in [1.82, 2.24) is 14.8 Å². The van der Waals surface area contributed by atoms with E-state index in [9.17, 15) is 4.79 Å². The van der Waals surface area contributed by atoms with Crippen molar-refractivity contribution in [3.05, 3.63) is 11.1 Å². The molecule has 0 bridgehead atoms. The van der Waals surface area contributed by atoms with Gasteiger partial charge in [0.25, 0.3) is 0 Å². The van der Waals surface area contributed by atoms with Gasteiger partial charge in [0.15, 0.2) is 6.04 Å². The quantitative estimate of drug-likeness (QED) is 0.662. The van der Waals surface area contributed by atoms with Crippen LogP contribution in [0.15, 0.2) is 11.1 Å². The maximum absolute atomic E-state index is 11.1. The van der Waals surface area contributed by atoms with Crippen molar-refractivity contribution in [2.45, 2.75) is 12.5 Å². The molecule has 2 rings (SSSR count). The van der Waals surface area contributed by atoms with Gasteiger partial charge in [-0.25, -0.2) is 14.5 Å². The average molecular weight is 232 g/mol. The summed E-state index contributed by atoms with van der Waals surface area (Å²) in [7, 11) is 0. The van der Waals surface area contributed by atoms with Crippen LogP contribution in [0.25, 0.3) is 0 Å². The smallest absolute Gasteiger partial charge is 0.331 e. The minimum absolute atomic E-state index is 0.229. The molecule has 1 unspecified atom stereocenters. The van der Waals surface area contributed by atoms with Gasteiger partial charge in [-0.1, -0.05) is 0 Å². The molecule has 6 heteroatoms. The highest BCUT2D eigenvalue weighted by Crippen LogP contribution is 2.19. The van der Waals surface area contributed by atoms with Crippen molar-refractivity contribution in [3.8, 4) is 0 Å². The Bertz CT molecular complexity index is 311. The normalized spacial score (nSPS) is 22.8. The number of rotatable bonds is 1. The largest absolute Gasteiger partial charge is 0.464 e.